The van der Waals surface area contributed by atoms with Crippen molar-refractivity contribution in [1.29, 1.82) is 0 Å². The van der Waals surface area contributed by atoms with Crippen molar-refractivity contribution in [3.8, 4) is 0 Å². The van der Waals surface area contributed by atoms with E-state index in [1.54, 1.807) is 0 Å². The molecule has 16 heavy (non-hydrogen) atoms. The zero-order chi connectivity index (χ0) is 11.6. The molecule has 1 aliphatic heterocycles. The Balaban J connectivity index is 1.97. The first kappa shape index (κ1) is 14.1. The van der Waals surface area contributed by atoms with Crippen molar-refractivity contribution in [3.05, 3.63) is 12.7 Å². The molecule has 0 spiro atoms. The van der Waals surface area contributed by atoms with E-state index in [-0.39, 0.29) is 0 Å². The second-order valence-electron chi connectivity index (χ2n) is 4.43. The first-order valence-electron chi connectivity index (χ1n) is 6.51. The van der Waals surface area contributed by atoms with Gasteiger partial charge in [-0.2, -0.15) is 11.8 Å². The maximum Gasteiger partial charge on any atom is 0.0111 e. The molecule has 1 saturated heterocycles. The Morgan fingerprint density at radius 3 is 2.81 bits per heavy atom. The quantitative estimate of drug-likeness (QED) is 0.520. The molecule has 1 N–H and O–H groups in total. The second-order valence-corrected chi connectivity index (χ2v) is 5.58. The van der Waals surface area contributed by atoms with Crippen molar-refractivity contribution >= 4 is 11.8 Å². The van der Waals surface area contributed by atoms with Crippen molar-refractivity contribution in [1.82, 2.24) is 10.2 Å². The molecule has 0 aromatic carbocycles. The minimum absolute atomic E-state index is 0.762. The molecule has 1 rings (SSSR count). The van der Waals surface area contributed by atoms with Gasteiger partial charge in [-0.05, 0) is 38.9 Å². The monoisotopic (exact) mass is 242 g/mol. The van der Waals surface area contributed by atoms with Crippen LogP contribution in [-0.4, -0.2) is 48.6 Å². The number of nitrogens with one attached hydrogen (secondary N) is 1. The number of nitrogens with zero attached hydrogens (tertiary/aromatic N) is 1. The minimum Gasteiger partial charge on any atom is -0.313 e. The smallest absolute Gasteiger partial charge is 0.0111 e. The third-order valence-corrected chi connectivity index (χ3v) is 4.01. The van der Waals surface area contributed by atoms with Crippen LogP contribution in [0.3, 0.4) is 0 Å². The van der Waals surface area contributed by atoms with E-state index in [9.17, 15) is 0 Å². The Labute approximate surface area is 105 Å². The molecule has 2 nitrogen and oxygen atoms in total. The van der Waals surface area contributed by atoms with E-state index in [4.69, 9.17) is 0 Å². The lowest BCUT2D eigenvalue weighted by atomic mass is 10.1. The Morgan fingerprint density at radius 2 is 2.19 bits per heavy atom. The number of thioether (sulfide) groups is 1. The van der Waals surface area contributed by atoms with Crippen LogP contribution in [-0.2, 0) is 0 Å². The van der Waals surface area contributed by atoms with Crippen LogP contribution < -0.4 is 5.32 Å². The molecule has 1 aliphatic rings. The van der Waals surface area contributed by atoms with E-state index >= 15 is 0 Å². The van der Waals surface area contributed by atoms with Crippen LogP contribution in [0.4, 0.5) is 0 Å². The van der Waals surface area contributed by atoms with Crippen LogP contribution in [0.15, 0.2) is 12.7 Å². The number of piperidine rings is 1. The normalized spacial score (nSPS) is 18.8. The molecule has 0 bridgehead atoms. The fourth-order valence-corrected chi connectivity index (χ4v) is 2.77. The molecule has 3 heteroatoms. The van der Waals surface area contributed by atoms with Crippen LogP contribution in [0.5, 0.6) is 0 Å². The molecule has 1 fully saturated rings. The van der Waals surface area contributed by atoms with Crippen LogP contribution in [0.1, 0.15) is 26.2 Å². The fraction of sp³-hybridized carbons (Fsp3) is 0.846. The summed E-state index contributed by atoms with van der Waals surface area (Å²) in [6.07, 6.45) is 5.92. The molecule has 0 amide bonds. The highest BCUT2D eigenvalue weighted by atomic mass is 32.2. The van der Waals surface area contributed by atoms with Crippen molar-refractivity contribution in [2.24, 2.45) is 0 Å². The summed E-state index contributed by atoms with van der Waals surface area (Å²) in [6.45, 7) is 11.0. The third-order valence-electron chi connectivity index (χ3n) is 3.04. The molecule has 0 unspecified atom stereocenters. The molecule has 0 aromatic rings. The van der Waals surface area contributed by atoms with Gasteiger partial charge >= 0.3 is 0 Å². The maximum absolute atomic E-state index is 3.73. The van der Waals surface area contributed by atoms with E-state index < -0.39 is 0 Å². The highest BCUT2D eigenvalue weighted by Gasteiger charge is 2.17. The molecular formula is C13H26N2S. The second kappa shape index (κ2) is 9.08. The number of hydrogen-bond donors (Lipinski definition) is 1. The lowest BCUT2D eigenvalue weighted by molar-refractivity contribution is 0.199. The molecule has 0 aromatic heterocycles. The summed E-state index contributed by atoms with van der Waals surface area (Å²) in [4.78, 5) is 2.59. The van der Waals surface area contributed by atoms with E-state index in [0.717, 1.165) is 18.3 Å². The van der Waals surface area contributed by atoms with Crippen molar-refractivity contribution < 1.29 is 0 Å². The van der Waals surface area contributed by atoms with Gasteiger partial charge in [0.05, 0.1) is 0 Å². The fourth-order valence-electron chi connectivity index (χ4n) is 2.18. The van der Waals surface area contributed by atoms with Gasteiger partial charge in [-0.25, -0.2) is 0 Å². The maximum atomic E-state index is 3.73. The largest absolute Gasteiger partial charge is 0.313 e. The summed E-state index contributed by atoms with van der Waals surface area (Å²) in [6, 6.07) is 0.762. The summed E-state index contributed by atoms with van der Waals surface area (Å²) in [5.74, 6) is 2.29. The van der Waals surface area contributed by atoms with Crippen molar-refractivity contribution in [3.63, 3.8) is 0 Å². The number of rotatable bonds is 8. The van der Waals surface area contributed by atoms with Gasteiger partial charge in [0.2, 0.25) is 0 Å². The lowest BCUT2D eigenvalue weighted by Gasteiger charge is -2.32. The van der Waals surface area contributed by atoms with E-state index in [1.165, 1.54) is 44.6 Å². The van der Waals surface area contributed by atoms with Gasteiger partial charge in [-0.15, -0.1) is 6.58 Å². The van der Waals surface area contributed by atoms with Crippen LogP contribution in [0.2, 0.25) is 0 Å². The summed E-state index contributed by atoms with van der Waals surface area (Å²) in [5.41, 5.74) is 0. The Bertz CT molecular complexity index is 177. The van der Waals surface area contributed by atoms with Gasteiger partial charge in [0.1, 0.15) is 0 Å². The van der Waals surface area contributed by atoms with E-state index in [2.05, 4.69) is 23.7 Å². The standard InChI is InChI=1S/C13H26N2S/c1-3-8-15-9-5-13(6-10-15)14-7-12-16-11-4-2/h4,13-14H,2-3,5-12H2,1H3. The number of likely N-dealkylation sites (tertiary alicyclic amines) is 1. The summed E-state index contributed by atoms with van der Waals surface area (Å²) >= 11 is 1.96. The number of hydrogen-bond acceptors (Lipinski definition) is 3. The van der Waals surface area contributed by atoms with Gasteiger partial charge in [0.15, 0.2) is 0 Å². The Hall–Kier alpha value is 0.01000. The van der Waals surface area contributed by atoms with E-state index in [0.29, 0.717) is 0 Å². The molecule has 0 saturated carbocycles. The van der Waals surface area contributed by atoms with Crippen molar-refractivity contribution in [2.75, 3.05) is 37.7 Å². The van der Waals surface area contributed by atoms with Gasteiger partial charge in [-0.3, -0.25) is 0 Å². The molecular weight excluding hydrogens is 216 g/mol. The zero-order valence-corrected chi connectivity index (χ0v) is 11.4. The van der Waals surface area contributed by atoms with Crippen LogP contribution in [0, 0.1) is 0 Å². The van der Waals surface area contributed by atoms with Crippen molar-refractivity contribution in [2.45, 2.75) is 32.2 Å². The SMILES string of the molecule is C=CCSCCNC1CCN(CCC)CC1. The predicted molar refractivity (Wildman–Crippen MR) is 75.3 cm³/mol. The Kier molecular flexibility index (Phi) is 7.99. The van der Waals surface area contributed by atoms with E-state index in [1.807, 2.05) is 17.8 Å². The topological polar surface area (TPSA) is 15.3 Å². The van der Waals surface area contributed by atoms with Crippen LogP contribution in [0.25, 0.3) is 0 Å². The summed E-state index contributed by atoms with van der Waals surface area (Å²) < 4.78 is 0. The molecule has 0 aliphatic carbocycles. The molecule has 0 radical (unpaired) electrons. The highest BCUT2D eigenvalue weighted by molar-refractivity contribution is 7.99. The van der Waals surface area contributed by atoms with Gasteiger partial charge in [-0.1, -0.05) is 13.0 Å². The summed E-state index contributed by atoms with van der Waals surface area (Å²) in [7, 11) is 0. The average Bonchev–Trinajstić information content (AvgIpc) is 2.31. The molecule has 94 valence electrons. The lowest BCUT2D eigenvalue weighted by Crippen LogP contribution is -2.43. The molecule has 0 atom stereocenters. The predicted octanol–water partition coefficient (Wildman–Crippen LogP) is 2.37. The van der Waals surface area contributed by atoms with Crippen LogP contribution >= 0.6 is 11.8 Å². The third kappa shape index (κ3) is 5.92. The highest BCUT2D eigenvalue weighted by Crippen LogP contribution is 2.10. The Morgan fingerprint density at radius 1 is 1.44 bits per heavy atom. The summed E-state index contributed by atoms with van der Waals surface area (Å²) in [5, 5.41) is 3.66. The molecule has 1 heterocycles. The van der Waals surface area contributed by atoms with Gasteiger partial charge in [0, 0.05) is 24.1 Å². The first-order valence-corrected chi connectivity index (χ1v) is 7.66. The zero-order valence-electron chi connectivity index (χ0n) is 10.6. The first-order chi connectivity index (χ1) is 7.86. The minimum atomic E-state index is 0.762. The average molecular weight is 242 g/mol. The van der Waals surface area contributed by atoms with Gasteiger partial charge in [0.25, 0.3) is 0 Å². The van der Waals surface area contributed by atoms with Gasteiger partial charge < -0.3 is 10.2 Å².